The van der Waals surface area contributed by atoms with Gasteiger partial charge in [-0.3, -0.25) is 4.21 Å². The van der Waals surface area contributed by atoms with Gasteiger partial charge in [0.05, 0.1) is 0 Å². The minimum absolute atomic E-state index is 0.686. The lowest BCUT2D eigenvalue weighted by molar-refractivity contribution is 0.687. The summed E-state index contributed by atoms with van der Waals surface area (Å²) in [5, 5.41) is 7.23. The number of hydrogen-bond donors (Lipinski definition) is 1. The summed E-state index contributed by atoms with van der Waals surface area (Å²) in [5.74, 6) is 0.718. The summed E-state index contributed by atoms with van der Waals surface area (Å²) in [6, 6.07) is 2.02. The van der Waals surface area contributed by atoms with Crippen molar-refractivity contribution in [2.45, 2.75) is 0 Å². The molecule has 0 aliphatic heterocycles. The van der Waals surface area contributed by atoms with Crippen LogP contribution in [0.15, 0.2) is 16.8 Å². The maximum atomic E-state index is 10.6. The Labute approximate surface area is 73.1 Å². The molecule has 11 heavy (non-hydrogen) atoms. The van der Waals surface area contributed by atoms with Crippen molar-refractivity contribution in [1.29, 1.82) is 0 Å². The second-order valence-corrected chi connectivity index (χ2v) is 4.55. The first kappa shape index (κ1) is 8.74. The lowest BCUT2D eigenvalue weighted by atomic mass is 10.5. The predicted molar refractivity (Wildman–Crippen MR) is 51.7 cm³/mol. The summed E-state index contributed by atoms with van der Waals surface area (Å²) in [7, 11) is -0.686. The van der Waals surface area contributed by atoms with Gasteiger partial charge in [-0.15, -0.1) is 0 Å². The van der Waals surface area contributed by atoms with Crippen molar-refractivity contribution in [3.05, 3.63) is 16.8 Å². The second kappa shape index (κ2) is 4.51. The van der Waals surface area contributed by atoms with E-state index in [2.05, 4.69) is 5.32 Å². The predicted octanol–water partition coefficient (Wildman–Crippen LogP) is 1.54. The van der Waals surface area contributed by atoms with Crippen LogP contribution >= 0.6 is 11.3 Å². The molecule has 1 heterocycles. The Kier molecular flexibility index (Phi) is 3.59. The molecule has 0 amide bonds. The van der Waals surface area contributed by atoms with Gasteiger partial charge in [0.25, 0.3) is 0 Å². The molecule has 4 heteroatoms. The zero-order valence-electron chi connectivity index (χ0n) is 6.37. The largest absolute Gasteiger partial charge is 0.383 e. The van der Waals surface area contributed by atoms with Crippen LogP contribution in [0.3, 0.4) is 0 Å². The molecular weight excluding hydrogens is 178 g/mol. The lowest BCUT2D eigenvalue weighted by Crippen LogP contribution is -2.08. The van der Waals surface area contributed by atoms with Crippen LogP contribution in [0.5, 0.6) is 0 Å². The van der Waals surface area contributed by atoms with E-state index in [9.17, 15) is 4.21 Å². The Hall–Kier alpha value is -0.350. The minimum Gasteiger partial charge on any atom is -0.383 e. The number of rotatable bonds is 4. The van der Waals surface area contributed by atoms with E-state index < -0.39 is 10.8 Å². The van der Waals surface area contributed by atoms with Crippen LogP contribution in [0, 0.1) is 0 Å². The topological polar surface area (TPSA) is 29.1 Å². The lowest BCUT2D eigenvalue weighted by Gasteiger charge is -2.00. The molecule has 0 bridgehead atoms. The number of thiophene rings is 1. The van der Waals surface area contributed by atoms with Gasteiger partial charge in [0.15, 0.2) is 0 Å². The normalized spacial score (nSPS) is 12.8. The highest BCUT2D eigenvalue weighted by Crippen LogP contribution is 2.10. The molecule has 0 saturated carbocycles. The summed E-state index contributed by atoms with van der Waals surface area (Å²) in [6.07, 6.45) is 1.72. The van der Waals surface area contributed by atoms with Gasteiger partial charge < -0.3 is 5.32 Å². The van der Waals surface area contributed by atoms with Crippen LogP contribution in [0.4, 0.5) is 5.69 Å². The van der Waals surface area contributed by atoms with Gasteiger partial charge in [-0.2, -0.15) is 11.3 Å². The van der Waals surface area contributed by atoms with Crippen LogP contribution in [0.2, 0.25) is 0 Å². The number of nitrogens with one attached hydrogen (secondary N) is 1. The Balaban J connectivity index is 2.19. The molecule has 2 nitrogen and oxygen atoms in total. The van der Waals surface area contributed by atoms with Gasteiger partial charge in [-0.05, 0) is 11.4 Å². The van der Waals surface area contributed by atoms with Crippen molar-refractivity contribution < 1.29 is 4.21 Å². The van der Waals surface area contributed by atoms with Crippen molar-refractivity contribution >= 4 is 27.8 Å². The van der Waals surface area contributed by atoms with Gasteiger partial charge >= 0.3 is 0 Å². The highest BCUT2D eigenvalue weighted by Gasteiger charge is 1.92. The molecule has 1 rings (SSSR count). The number of hydrogen-bond acceptors (Lipinski definition) is 3. The molecule has 0 radical (unpaired) electrons. The first-order valence-electron chi connectivity index (χ1n) is 3.35. The van der Waals surface area contributed by atoms with E-state index in [-0.39, 0.29) is 0 Å². The van der Waals surface area contributed by atoms with Gasteiger partial charge in [0.2, 0.25) is 0 Å². The minimum atomic E-state index is -0.686. The zero-order valence-corrected chi connectivity index (χ0v) is 8.00. The van der Waals surface area contributed by atoms with Gasteiger partial charge in [0, 0.05) is 40.4 Å². The van der Waals surface area contributed by atoms with E-state index in [1.54, 1.807) is 17.6 Å². The van der Waals surface area contributed by atoms with Crippen molar-refractivity contribution in [2.24, 2.45) is 0 Å². The maximum absolute atomic E-state index is 10.6. The maximum Gasteiger partial charge on any atom is 0.0449 e. The summed E-state index contributed by atoms with van der Waals surface area (Å²) in [6.45, 7) is 0.792. The molecule has 1 unspecified atom stereocenters. The van der Waals surface area contributed by atoms with Crippen molar-refractivity contribution in [3.8, 4) is 0 Å². The van der Waals surface area contributed by atoms with Crippen LogP contribution < -0.4 is 5.32 Å². The molecule has 0 spiro atoms. The highest BCUT2D eigenvalue weighted by molar-refractivity contribution is 7.84. The van der Waals surface area contributed by atoms with E-state index in [1.165, 1.54) is 0 Å². The molecule has 0 fully saturated rings. The molecule has 0 saturated heterocycles. The standard InChI is InChI=1S/C7H11NOS2/c1-11(9)5-3-8-7-2-4-10-6-7/h2,4,6,8H,3,5H2,1H3. The van der Waals surface area contributed by atoms with Crippen LogP contribution in [-0.2, 0) is 10.8 Å². The molecule has 1 atom stereocenters. The average Bonchev–Trinajstić information content (AvgIpc) is 2.39. The summed E-state index contributed by atoms with van der Waals surface area (Å²) >= 11 is 1.66. The van der Waals surface area contributed by atoms with E-state index in [0.29, 0.717) is 0 Å². The molecule has 1 N–H and O–H groups in total. The smallest absolute Gasteiger partial charge is 0.0449 e. The first-order valence-corrected chi connectivity index (χ1v) is 6.02. The van der Waals surface area contributed by atoms with Gasteiger partial charge in [-0.25, -0.2) is 0 Å². The molecule has 0 aliphatic rings. The zero-order chi connectivity index (χ0) is 8.10. The fourth-order valence-electron chi connectivity index (χ4n) is 0.704. The summed E-state index contributed by atoms with van der Waals surface area (Å²) in [5.41, 5.74) is 1.13. The summed E-state index contributed by atoms with van der Waals surface area (Å²) < 4.78 is 10.6. The van der Waals surface area contributed by atoms with E-state index >= 15 is 0 Å². The Morgan fingerprint density at radius 3 is 3.09 bits per heavy atom. The molecule has 1 aromatic heterocycles. The fraction of sp³-hybridized carbons (Fsp3) is 0.429. The van der Waals surface area contributed by atoms with E-state index in [4.69, 9.17) is 0 Å². The van der Waals surface area contributed by atoms with E-state index in [1.807, 2.05) is 16.8 Å². The first-order chi connectivity index (χ1) is 5.29. The highest BCUT2D eigenvalue weighted by atomic mass is 32.2. The second-order valence-electron chi connectivity index (χ2n) is 2.22. The van der Waals surface area contributed by atoms with Crippen LogP contribution in [0.25, 0.3) is 0 Å². The van der Waals surface area contributed by atoms with Crippen molar-refractivity contribution in [3.63, 3.8) is 0 Å². The Morgan fingerprint density at radius 2 is 2.55 bits per heavy atom. The monoisotopic (exact) mass is 189 g/mol. The molecule has 62 valence electrons. The Morgan fingerprint density at radius 1 is 1.73 bits per heavy atom. The molecule has 1 aromatic rings. The third-order valence-electron chi connectivity index (χ3n) is 1.24. The Bertz CT molecular complexity index is 220. The third-order valence-corrected chi connectivity index (χ3v) is 2.70. The molecular formula is C7H11NOS2. The SMILES string of the molecule is CS(=O)CCNc1ccsc1. The summed E-state index contributed by atoms with van der Waals surface area (Å²) in [4.78, 5) is 0. The van der Waals surface area contributed by atoms with Crippen LogP contribution in [0.1, 0.15) is 0 Å². The van der Waals surface area contributed by atoms with Crippen molar-refractivity contribution in [2.75, 3.05) is 23.9 Å². The molecule has 0 aliphatic carbocycles. The molecule has 0 aromatic carbocycles. The van der Waals surface area contributed by atoms with E-state index in [0.717, 1.165) is 18.0 Å². The van der Waals surface area contributed by atoms with Crippen molar-refractivity contribution in [1.82, 2.24) is 0 Å². The van der Waals surface area contributed by atoms with Gasteiger partial charge in [-0.1, -0.05) is 0 Å². The van der Waals surface area contributed by atoms with Gasteiger partial charge in [0.1, 0.15) is 0 Å². The fourth-order valence-corrected chi connectivity index (χ4v) is 1.71. The quantitative estimate of drug-likeness (QED) is 0.778. The third kappa shape index (κ3) is 3.53. The number of anilines is 1. The average molecular weight is 189 g/mol. The van der Waals surface area contributed by atoms with Crippen LogP contribution in [-0.4, -0.2) is 22.8 Å².